The second-order valence-electron chi connectivity index (χ2n) is 8.54. The van der Waals surface area contributed by atoms with Gasteiger partial charge in [-0.25, -0.2) is 4.98 Å². The fraction of sp³-hybridized carbons (Fsp3) is 0.143. The first-order valence-corrected chi connectivity index (χ1v) is 13.8. The molecular formula is C28H25ClN8O2S. The molecule has 3 aromatic heterocycles. The van der Waals surface area contributed by atoms with E-state index in [2.05, 4.69) is 32.3 Å². The first kappa shape index (κ1) is 27.1. The third-order valence-electron chi connectivity index (χ3n) is 5.91. The molecule has 5 rings (SSSR count). The lowest BCUT2D eigenvalue weighted by molar-refractivity contribution is 0.0958. The Labute approximate surface area is 239 Å². The zero-order valence-corrected chi connectivity index (χ0v) is 23.3. The smallest absolute Gasteiger partial charge is 0.269 e. The molecule has 0 fully saturated rings. The first-order chi connectivity index (χ1) is 19.5. The number of rotatable bonds is 10. The summed E-state index contributed by atoms with van der Waals surface area (Å²) in [5.41, 5.74) is 3.89. The minimum absolute atomic E-state index is 0.277. The van der Waals surface area contributed by atoms with E-state index in [-0.39, 0.29) is 11.6 Å². The third kappa shape index (κ3) is 5.90. The average molecular weight is 573 g/mol. The maximum absolute atomic E-state index is 11.8. The molecule has 0 aliphatic carbocycles. The number of aliphatic imine (C=N–C) groups is 1. The van der Waals surface area contributed by atoms with Gasteiger partial charge in [0.25, 0.3) is 11.7 Å². The zero-order chi connectivity index (χ0) is 28.1. The lowest BCUT2D eigenvalue weighted by Gasteiger charge is -2.13. The van der Waals surface area contributed by atoms with Gasteiger partial charge in [0, 0.05) is 42.0 Å². The van der Waals surface area contributed by atoms with Crippen LogP contribution in [0.15, 0.2) is 76.9 Å². The number of amides is 1. The quantitative estimate of drug-likeness (QED) is 0.127. The third-order valence-corrected chi connectivity index (χ3v) is 6.87. The number of aromatic nitrogens is 5. The first-order valence-electron chi connectivity index (χ1n) is 12.2. The van der Waals surface area contributed by atoms with Crippen molar-refractivity contribution in [2.24, 2.45) is 4.99 Å². The minimum atomic E-state index is -0.277. The van der Waals surface area contributed by atoms with E-state index < -0.39 is 0 Å². The van der Waals surface area contributed by atoms with Crippen molar-refractivity contribution in [3.05, 3.63) is 88.7 Å². The molecule has 3 heterocycles. The Balaban J connectivity index is 1.36. The van der Waals surface area contributed by atoms with Gasteiger partial charge in [0.05, 0.1) is 12.2 Å². The molecule has 1 amide bonds. The molecule has 0 saturated heterocycles. The Kier molecular flexibility index (Phi) is 8.23. The molecule has 0 aliphatic rings. The molecule has 0 atom stereocenters. The van der Waals surface area contributed by atoms with Gasteiger partial charge in [-0.1, -0.05) is 35.9 Å². The number of ether oxygens (including phenoxy) is 1. The molecule has 0 bridgehead atoms. The van der Waals surface area contributed by atoms with Crippen molar-refractivity contribution in [2.75, 3.05) is 18.6 Å². The predicted octanol–water partition coefficient (Wildman–Crippen LogP) is 5.53. The number of carbonyl (C=O) groups is 1. The van der Waals surface area contributed by atoms with E-state index in [0.717, 1.165) is 27.4 Å². The highest BCUT2D eigenvalue weighted by molar-refractivity contribution is 7.98. The fourth-order valence-electron chi connectivity index (χ4n) is 4.06. The molecule has 0 spiro atoms. The summed E-state index contributed by atoms with van der Waals surface area (Å²) < 4.78 is 7.60. The van der Waals surface area contributed by atoms with Crippen LogP contribution in [-0.4, -0.2) is 50.5 Å². The molecular weight excluding hydrogens is 548 g/mol. The van der Waals surface area contributed by atoms with Gasteiger partial charge in [-0.15, -0.1) is 16.9 Å². The highest BCUT2D eigenvalue weighted by Crippen LogP contribution is 2.32. The Bertz CT molecular complexity index is 1690. The number of benzene rings is 2. The fourth-order valence-corrected chi connectivity index (χ4v) is 4.83. The predicted molar refractivity (Wildman–Crippen MR) is 158 cm³/mol. The van der Waals surface area contributed by atoms with Crippen LogP contribution in [-0.2, 0) is 13.1 Å². The highest BCUT2D eigenvalue weighted by atomic mass is 35.5. The average Bonchev–Trinajstić information content (AvgIpc) is 3.38. The summed E-state index contributed by atoms with van der Waals surface area (Å²) in [5.74, 6) is 1.77. The molecule has 2 N–H and O–H groups in total. The van der Waals surface area contributed by atoms with E-state index in [4.69, 9.17) is 26.4 Å². The topological polar surface area (TPSA) is 119 Å². The van der Waals surface area contributed by atoms with E-state index in [0.29, 0.717) is 41.3 Å². The number of hydrogen-bond acceptors (Lipinski definition) is 9. The van der Waals surface area contributed by atoms with Gasteiger partial charge in [0.15, 0.2) is 0 Å². The molecule has 0 aliphatic heterocycles. The van der Waals surface area contributed by atoms with Gasteiger partial charge in [0.2, 0.25) is 5.95 Å². The standard InChI is InChI=1S/C28H25ClN8O2S/c1-30-16-22-24(18-5-4-6-19(29)13-18)37-28(34-26(22)40-3)35-27(36-37)33-15-17-7-9-20(10-8-17)39-21-11-12-32-23(14-21)25(38)31-2/h4-14H,1,15-16H2,2-3H3,(H,31,38)(H,33,36). The van der Waals surface area contributed by atoms with Crippen LogP contribution in [0.25, 0.3) is 17.0 Å². The lowest BCUT2D eigenvalue weighted by atomic mass is 10.1. The maximum Gasteiger partial charge on any atom is 0.269 e. The molecule has 5 aromatic rings. The Morgan fingerprint density at radius 3 is 2.67 bits per heavy atom. The number of nitrogens with one attached hydrogen (secondary N) is 2. The SMILES string of the molecule is C=NCc1c(SC)nc2nc(NCc3ccc(Oc4ccnc(C(=O)NC)c4)cc3)nn2c1-c1cccc(Cl)c1. The van der Waals surface area contributed by atoms with Crippen molar-refractivity contribution < 1.29 is 9.53 Å². The molecule has 10 nitrogen and oxygen atoms in total. The van der Waals surface area contributed by atoms with Gasteiger partial charge in [-0.05, 0) is 48.9 Å². The number of anilines is 1. The van der Waals surface area contributed by atoms with Gasteiger partial charge >= 0.3 is 0 Å². The van der Waals surface area contributed by atoms with Crippen LogP contribution in [0.4, 0.5) is 5.95 Å². The second kappa shape index (κ2) is 12.1. The number of fused-ring (bicyclic) bond motifs is 1. The normalized spacial score (nSPS) is 10.9. The largest absolute Gasteiger partial charge is 0.457 e. The Morgan fingerprint density at radius 2 is 1.95 bits per heavy atom. The van der Waals surface area contributed by atoms with Gasteiger partial charge in [0.1, 0.15) is 22.2 Å². The van der Waals surface area contributed by atoms with Crippen molar-refractivity contribution in [1.29, 1.82) is 0 Å². The summed E-state index contributed by atoms with van der Waals surface area (Å²) in [4.78, 5) is 29.3. The summed E-state index contributed by atoms with van der Waals surface area (Å²) >= 11 is 7.83. The van der Waals surface area contributed by atoms with E-state index in [1.165, 1.54) is 18.0 Å². The van der Waals surface area contributed by atoms with Crippen LogP contribution in [0.2, 0.25) is 5.02 Å². The lowest BCUT2D eigenvalue weighted by Crippen LogP contribution is -2.18. The highest BCUT2D eigenvalue weighted by Gasteiger charge is 2.19. The van der Waals surface area contributed by atoms with E-state index >= 15 is 0 Å². The number of halogens is 1. The van der Waals surface area contributed by atoms with Crippen LogP contribution in [0.1, 0.15) is 21.6 Å². The van der Waals surface area contributed by atoms with Crippen LogP contribution >= 0.6 is 23.4 Å². The van der Waals surface area contributed by atoms with Crippen molar-refractivity contribution in [1.82, 2.24) is 29.9 Å². The summed E-state index contributed by atoms with van der Waals surface area (Å²) in [6.07, 6.45) is 3.50. The van der Waals surface area contributed by atoms with Crippen LogP contribution in [0, 0.1) is 0 Å². The monoisotopic (exact) mass is 572 g/mol. The van der Waals surface area contributed by atoms with Crippen molar-refractivity contribution in [3.8, 4) is 22.8 Å². The maximum atomic E-state index is 11.8. The number of pyridine rings is 1. The van der Waals surface area contributed by atoms with E-state index in [1.54, 1.807) is 23.7 Å². The molecule has 0 unspecified atom stereocenters. The van der Waals surface area contributed by atoms with Crippen LogP contribution in [0.5, 0.6) is 11.5 Å². The van der Waals surface area contributed by atoms with E-state index in [9.17, 15) is 4.79 Å². The number of carbonyl (C=O) groups excluding carboxylic acids is 1. The van der Waals surface area contributed by atoms with Gasteiger partial charge < -0.3 is 15.4 Å². The van der Waals surface area contributed by atoms with E-state index in [1.807, 2.05) is 54.8 Å². The zero-order valence-electron chi connectivity index (χ0n) is 21.8. The number of thioether (sulfide) groups is 1. The number of hydrogen-bond donors (Lipinski definition) is 2. The van der Waals surface area contributed by atoms with Crippen LogP contribution < -0.4 is 15.4 Å². The summed E-state index contributed by atoms with van der Waals surface area (Å²) in [6, 6.07) is 18.5. The molecule has 0 radical (unpaired) electrons. The molecule has 12 heteroatoms. The summed E-state index contributed by atoms with van der Waals surface area (Å²) in [7, 11) is 1.56. The minimum Gasteiger partial charge on any atom is -0.457 e. The van der Waals surface area contributed by atoms with Crippen molar-refractivity contribution >= 4 is 47.7 Å². The molecule has 0 saturated carbocycles. The number of nitrogens with zero attached hydrogens (tertiary/aromatic N) is 6. The van der Waals surface area contributed by atoms with Crippen molar-refractivity contribution in [2.45, 2.75) is 18.1 Å². The van der Waals surface area contributed by atoms with Gasteiger partial charge in [-0.2, -0.15) is 9.50 Å². The summed E-state index contributed by atoms with van der Waals surface area (Å²) in [6.45, 7) is 4.54. The Morgan fingerprint density at radius 1 is 1.12 bits per heavy atom. The second-order valence-corrected chi connectivity index (χ2v) is 9.77. The van der Waals surface area contributed by atoms with Gasteiger partial charge in [-0.3, -0.25) is 14.8 Å². The molecule has 2 aromatic carbocycles. The van der Waals surface area contributed by atoms with Crippen molar-refractivity contribution in [3.63, 3.8) is 0 Å². The summed E-state index contributed by atoms with van der Waals surface area (Å²) in [5, 5.41) is 12.0. The van der Waals surface area contributed by atoms with Crippen LogP contribution in [0.3, 0.4) is 0 Å². The Hall–Kier alpha value is -4.48. The molecule has 202 valence electrons. The molecule has 40 heavy (non-hydrogen) atoms.